The minimum Gasteiger partial charge on any atom is -0.398 e. The van der Waals surface area contributed by atoms with Crippen LogP contribution in [0.1, 0.15) is 50.0 Å². The summed E-state index contributed by atoms with van der Waals surface area (Å²) < 4.78 is 1.94. The maximum Gasteiger partial charge on any atom is 0.259 e. The lowest BCUT2D eigenvalue weighted by Gasteiger charge is -2.20. The van der Waals surface area contributed by atoms with Gasteiger partial charge in [-0.25, -0.2) is 0 Å². The Kier molecular flexibility index (Phi) is 5.08. The maximum absolute atomic E-state index is 12.8. The third-order valence-electron chi connectivity index (χ3n) is 4.07. The molecule has 1 heterocycles. The van der Waals surface area contributed by atoms with E-state index in [1.807, 2.05) is 30.5 Å². The highest BCUT2D eigenvalue weighted by Crippen LogP contribution is 2.22. The maximum atomic E-state index is 12.8. The fourth-order valence-corrected chi connectivity index (χ4v) is 2.70. The van der Waals surface area contributed by atoms with Crippen molar-refractivity contribution in [1.29, 1.82) is 0 Å². The molecule has 5 heteroatoms. The van der Waals surface area contributed by atoms with E-state index in [2.05, 4.69) is 6.92 Å². The van der Waals surface area contributed by atoms with Gasteiger partial charge in [-0.15, -0.1) is 0 Å². The first-order valence-corrected chi connectivity index (χ1v) is 8.07. The molecule has 1 aromatic carbocycles. The van der Waals surface area contributed by atoms with Gasteiger partial charge in [-0.3, -0.25) is 9.59 Å². The molecule has 23 heavy (non-hydrogen) atoms. The van der Waals surface area contributed by atoms with Gasteiger partial charge in [0.2, 0.25) is 5.43 Å². The SMILES string of the molecule is CCCCN(C)C(=O)c1cn(C(C)C)c2cccc(N)c2c1=O. The van der Waals surface area contributed by atoms with Crippen molar-refractivity contribution in [3.63, 3.8) is 0 Å². The van der Waals surface area contributed by atoms with Crippen LogP contribution in [0.3, 0.4) is 0 Å². The highest BCUT2D eigenvalue weighted by molar-refractivity contribution is 6.00. The molecule has 0 aliphatic carbocycles. The summed E-state index contributed by atoms with van der Waals surface area (Å²) in [4.78, 5) is 27.1. The van der Waals surface area contributed by atoms with E-state index in [1.165, 1.54) is 0 Å². The molecule has 1 aromatic heterocycles. The average Bonchev–Trinajstić information content (AvgIpc) is 2.52. The Morgan fingerprint density at radius 3 is 2.65 bits per heavy atom. The molecule has 0 aliphatic heterocycles. The molecule has 0 aliphatic rings. The molecule has 0 radical (unpaired) electrons. The predicted octanol–water partition coefficient (Wildman–Crippen LogP) is 3.04. The largest absolute Gasteiger partial charge is 0.398 e. The molecule has 0 fully saturated rings. The summed E-state index contributed by atoms with van der Waals surface area (Å²) >= 11 is 0. The monoisotopic (exact) mass is 315 g/mol. The fourth-order valence-electron chi connectivity index (χ4n) is 2.70. The molecule has 0 spiro atoms. The Morgan fingerprint density at radius 1 is 1.35 bits per heavy atom. The number of hydrogen-bond donors (Lipinski definition) is 1. The summed E-state index contributed by atoms with van der Waals surface area (Å²) in [5.41, 5.74) is 7.08. The number of carbonyl (C=O) groups excluding carboxylic acids is 1. The second kappa shape index (κ2) is 6.86. The lowest BCUT2D eigenvalue weighted by atomic mass is 10.1. The van der Waals surface area contributed by atoms with E-state index in [0.29, 0.717) is 17.6 Å². The van der Waals surface area contributed by atoms with Crippen LogP contribution in [0, 0.1) is 0 Å². The van der Waals surface area contributed by atoms with Crippen LogP contribution < -0.4 is 11.2 Å². The summed E-state index contributed by atoms with van der Waals surface area (Å²) in [6.07, 6.45) is 3.58. The van der Waals surface area contributed by atoms with Crippen molar-refractivity contribution < 1.29 is 4.79 Å². The number of nitrogens with two attached hydrogens (primary N) is 1. The number of carbonyl (C=O) groups is 1. The zero-order valence-electron chi connectivity index (χ0n) is 14.3. The van der Waals surface area contributed by atoms with Crippen molar-refractivity contribution in [1.82, 2.24) is 9.47 Å². The normalized spacial score (nSPS) is 11.2. The number of fused-ring (bicyclic) bond motifs is 1. The number of nitrogens with zero attached hydrogens (tertiary/aromatic N) is 2. The van der Waals surface area contributed by atoms with Crippen LogP contribution in [0.5, 0.6) is 0 Å². The van der Waals surface area contributed by atoms with E-state index < -0.39 is 0 Å². The minimum absolute atomic E-state index is 0.118. The first-order chi connectivity index (χ1) is 10.9. The van der Waals surface area contributed by atoms with Crippen LogP contribution in [0.25, 0.3) is 10.9 Å². The topological polar surface area (TPSA) is 68.3 Å². The molecule has 5 nitrogen and oxygen atoms in total. The first kappa shape index (κ1) is 17.1. The third kappa shape index (κ3) is 3.23. The number of benzene rings is 1. The van der Waals surface area contributed by atoms with Crippen LogP contribution in [0.2, 0.25) is 0 Å². The van der Waals surface area contributed by atoms with Gasteiger partial charge in [0.25, 0.3) is 5.91 Å². The zero-order valence-corrected chi connectivity index (χ0v) is 14.3. The smallest absolute Gasteiger partial charge is 0.259 e. The molecule has 2 aromatic rings. The summed E-state index contributed by atoms with van der Waals surface area (Å²) in [5, 5.41) is 0.427. The average molecular weight is 315 g/mol. The Morgan fingerprint density at radius 2 is 2.04 bits per heavy atom. The van der Waals surface area contributed by atoms with Crippen molar-refractivity contribution in [3.05, 3.63) is 40.2 Å². The fraction of sp³-hybridized carbons (Fsp3) is 0.444. The van der Waals surface area contributed by atoms with Crippen molar-refractivity contribution in [2.24, 2.45) is 0 Å². The second-order valence-electron chi connectivity index (χ2n) is 6.19. The lowest BCUT2D eigenvalue weighted by molar-refractivity contribution is 0.0791. The molecular formula is C18H25N3O2. The van der Waals surface area contributed by atoms with E-state index in [9.17, 15) is 9.59 Å². The summed E-state index contributed by atoms with van der Waals surface area (Å²) in [6, 6.07) is 5.50. The van der Waals surface area contributed by atoms with Crippen molar-refractivity contribution in [2.75, 3.05) is 19.3 Å². The number of hydrogen-bond acceptors (Lipinski definition) is 3. The van der Waals surface area contributed by atoms with Gasteiger partial charge < -0.3 is 15.2 Å². The van der Waals surface area contributed by atoms with Crippen LogP contribution in [0.15, 0.2) is 29.2 Å². The van der Waals surface area contributed by atoms with E-state index in [1.54, 1.807) is 24.2 Å². The van der Waals surface area contributed by atoms with Gasteiger partial charge in [0.15, 0.2) is 0 Å². The second-order valence-corrected chi connectivity index (χ2v) is 6.19. The predicted molar refractivity (Wildman–Crippen MR) is 94.9 cm³/mol. The third-order valence-corrected chi connectivity index (χ3v) is 4.07. The standard InChI is InChI=1S/C18H25N3O2/c1-5-6-10-20(4)18(23)13-11-21(12(2)3)15-9-7-8-14(19)16(15)17(13)22/h7-9,11-12H,5-6,10,19H2,1-4H3. The lowest BCUT2D eigenvalue weighted by Crippen LogP contribution is -2.33. The summed E-state index contributed by atoms with van der Waals surface area (Å²) in [6.45, 7) is 6.74. The van der Waals surface area contributed by atoms with E-state index >= 15 is 0 Å². The van der Waals surface area contributed by atoms with Crippen molar-refractivity contribution in [2.45, 2.75) is 39.7 Å². The first-order valence-electron chi connectivity index (χ1n) is 8.07. The highest BCUT2D eigenvalue weighted by Gasteiger charge is 2.20. The highest BCUT2D eigenvalue weighted by atomic mass is 16.2. The molecule has 0 bridgehead atoms. The number of anilines is 1. The molecule has 0 saturated heterocycles. The van der Waals surface area contributed by atoms with Gasteiger partial charge in [0.05, 0.1) is 10.9 Å². The van der Waals surface area contributed by atoms with E-state index in [-0.39, 0.29) is 22.9 Å². The van der Waals surface area contributed by atoms with Gasteiger partial charge in [-0.05, 0) is 32.4 Å². The molecule has 124 valence electrons. The molecule has 0 unspecified atom stereocenters. The van der Waals surface area contributed by atoms with Crippen LogP contribution >= 0.6 is 0 Å². The van der Waals surface area contributed by atoms with Gasteiger partial charge in [0.1, 0.15) is 5.56 Å². The summed E-state index contributed by atoms with van der Waals surface area (Å²) in [7, 11) is 1.73. The number of unbranched alkanes of at least 4 members (excludes halogenated alkanes) is 1. The van der Waals surface area contributed by atoms with Crippen LogP contribution in [0.4, 0.5) is 5.69 Å². The van der Waals surface area contributed by atoms with Gasteiger partial charge in [-0.1, -0.05) is 19.4 Å². The molecule has 2 rings (SSSR count). The molecule has 1 amide bonds. The molecule has 0 atom stereocenters. The van der Waals surface area contributed by atoms with Crippen molar-refractivity contribution in [3.8, 4) is 0 Å². The Balaban J connectivity index is 2.66. The Labute approximate surface area is 136 Å². The molecular weight excluding hydrogens is 290 g/mol. The number of pyridine rings is 1. The minimum atomic E-state index is -0.289. The zero-order chi connectivity index (χ0) is 17.1. The quantitative estimate of drug-likeness (QED) is 0.862. The van der Waals surface area contributed by atoms with E-state index in [0.717, 1.165) is 18.4 Å². The van der Waals surface area contributed by atoms with Crippen LogP contribution in [-0.2, 0) is 0 Å². The molecule has 2 N–H and O–H groups in total. The van der Waals surface area contributed by atoms with Crippen molar-refractivity contribution >= 4 is 22.5 Å². The van der Waals surface area contributed by atoms with Gasteiger partial charge in [0, 0.05) is 31.5 Å². The molecule has 0 saturated carbocycles. The number of rotatable bonds is 5. The Bertz CT molecular complexity index is 778. The number of nitrogen functional groups attached to an aromatic ring is 1. The van der Waals surface area contributed by atoms with E-state index in [4.69, 9.17) is 5.73 Å². The number of aromatic nitrogens is 1. The number of amides is 1. The van der Waals surface area contributed by atoms with Gasteiger partial charge >= 0.3 is 0 Å². The Hall–Kier alpha value is -2.30. The van der Waals surface area contributed by atoms with Gasteiger partial charge in [-0.2, -0.15) is 0 Å². The summed E-state index contributed by atoms with van der Waals surface area (Å²) in [5.74, 6) is -0.247. The van der Waals surface area contributed by atoms with Crippen LogP contribution in [-0.4, -0.2) is 29.0 Å².